The third kappa shape index (κ3) is 1.92. The molecule has 0 aromatic heterocycles. The lowest BCUT2D eigenvalue weighted by atomic mass is 10.2. The standard InChI is InChI=1S/C6H12O6/c7-1-3-5(9)12-4(2-8)6(10)11-3/h3-10H,1-2H2. The van der Waals surface area contributed by atoms with Gasteiger partial charge in [0.1, 0.15) is 12.2 Å². The van der Waals surface area contributed by atoms with E-state index in [0.29, 0.717) is 0 Å². The van der Waals surface area contributed by atoms with Gasteiger partial charge in [-0.1, -0.05) is 0 Å². The van der Waals surface area contributed by atoms with Crippen LogP contribution in [0.25, 0.3) is 0 Å². The number of aliphatic hydroxyl groups excluding tert-OH is 4. The number of rotatable bonds is 2. The fraction of sp³-hybridized carbons (Fsp3) is 1.00. The largest absolute Gasteiger partial charge is 0.393 e. The summed E-state index contributed by atoms with van der Waals surface area (Å²) in [5.41, 5.74) is 0. The Hall–Kier alpha value is -0.240. The fourth-order valence-corrected chi connectivity index (χ4v) is 0.934. The van der Waals surface area contributed by atoms with E-state index in [4.69, 9.17) is 29.9 Å². The zero-order chi connectivity index (χ0) is 9.14. The van der Waals surface area contributed by atoms with Crippen LogP contribution in [-0.2, 0) is 9.47 Å². The monoisotopic (exact) mass is 180 g/mol. The Morgan fingerprint density at radius 1 is 0.833 bits per heavy atom. The molecule has 1 aliphatic heterocycles. The minimum absolute atomic E-state index is 0.448. The number of hydrogen-bond donors (Lipinski definition) is 4. The van der Waals surface area contributed by atoms with E-state index in [2.05, 4.69) is 0 Å². The predicted molar refractivity (Wildman–Crippen MR) is 35.9 cm³/mol. The van der Waals surface area contributed by atoms with Gasteiger partial charge in [-0.05, 0) is 0 Å². The Morgan fingerprint density at radius 2 is 1.17 bits per heavy atom. The van der Waals surface area contributed by atoms with Crippen LogP contribution in [0.2, 0.25) is 0 Å². The molecule has 4 unspecified atom stereocenters. The van der Waals surface area contributed by atoms with E-state index in [0.717, 1.165) is 0 Å². The maximum atomic E-state index is 9.06. The lowest BCUT2D eigenvalue weighted by molar-refractivity contribution is -0.338. The normalized spacial score (nSPS) is 43.0. The van der Waals surface area contributed by atoms with Crippen molar-refractivity contribution in [3.05, 3.63) is 0 Å². The molecule has 0 spiro atoms. The van der Waals surface area contributed by atoms with E-state index in [1.807, 2.05) is 0 Å². The first kappa shape index (κ1) is 9.85. The highest BCUT2D eigenvalue weighted by Crippen LogP contribution is 2.16. The summed E-state index contributed by atoms with van der Waals surface area (Å²) in [7, 11) is 0. The molecule has 0 radical (unpaired) electrons. The highest BCUT2D eigenvalue weighted by atomic mass is 16.7. The van der Waals surface area contributed by atoms with Crippen LogP contribution in [0.4, 0.5) is 0 Å². The van der Waals surface area contributed by atoms with Gasteiger partial charge >= 0.3 is 0 Å². The van der Waals surface area contributed by atoms with Gasteiger partial charge in [0, 0.05) is 0 Å². The third-order valence-electron chi connectivity index (χ3n) is 1.62. The molecule has 1 saturated heterocycles. The summed E-state index contributed by atoms with van der Waals surface area (Å²) in [4.78, 5) is 0. The summed E-state index contributed by atoms with van der Waals surface area (Å²) in [6.07, 6.45) is -4.53. The molecule has 0 saturated carbocycles. The van der Waals surface area contributed by atoms with Gasteiger partial charge in [-0.3, -0.25) is 0 Å². The SMILES string of the molecule is OCC1OC(O)C(CO)OC1O. The van der Waals surface area contributed by atoms with E-state index in [1.165, 1.54) is 0 Å². The van der Waals surface area contributed by atoms with Crippen LogP contribution in [0.5, 0.6) is 0 Å². The van der Waals surface area contributed by atoms with Gasteiger partial charge in [-0.15, -0.1) is 0 Å². The summed E-state index contributed by atoms with van der Waals surface area (Å²) >= 11 is 0. The molecule has 0 aliphatic carbocycles. The summed E-state index contributed by atoms with van der Waals surface area (Å²) in [5.74, 6) is 0. The molecule has 1 aliphatic rings. The molecule has 0 amide bonds. The Morgan fingerprint density at radius 3 is 1.42 bits per heavy atom. The quantitative estimate of drug-likeness (QED) is 0.371. The Labute approximate surface area is 69.0 Å². The Kier molecular flexibility index (Phi) is 3.39. The second-order valence-corrected chi connectivity index (χ2v) is 2.50. The van der Waals surface area contributed by atoms with Crippen molar-refractivity contribution in [1.82, 2.24) is 0 Å². The molecule has 72 valence electrons. The first-order chi connectivity index (χ1) is 5.69. The van der Waals surface area contributed by atoms with Crippen molar-refractivity contribution in [2.24, 2.45) is 0 Å². The fourth-order valence-electron chi connectivity index (χ4n) is 0.934. The molecule has 12 heavy (non-hydrogen) atoms. The van der Waals surface area contributed by atoms with Gasteiger partial charge in [0.15, 0.2) is 12.6 Å². The number of hydrogen-bond acceptors (Lipinski definition) is 6. The minimum Gasteiger partial charge on any atom is -0.393 e. The lowest BCUT2D eigenvalue weighted by Gasteiger charge is -2.35. The van der Waals surface area contributed by atoms with Crippen LogP contribution in [0.15, 0.2) is 0 Å². The lowest BCUT2D eigenvalue weighted by Crippen LogP contribution is -2.51. The molecule has 4 atom stereocenters. The smallest absolute Gasteiger partial charge is 0.184 e. The average molecular weight is 180 g/mol. The topological polar surface area (TPSA) is 99.4 Å². The summed E-state index contributed by atoms with van der Waals surface area (Å²) < 4.78 is 9.44. The molecule has 4 N–H and O–H groups in total. The van der Waals surface area contributed by atoms with Crippen LogP contribution in [0.3, 0.4) is 0 Å². The molecular formula is C6H12O6. The highest BCUT2D eigenvalue weighted by molar-refractivity contribution is 4.72. The van der Waals surface area contributed by atoms with Gasteiger partial charge in [0.2, 0.25) is 0 Å². The maximum Gasteiger partial charge on any atom is 0.184 e. The number of ether oxygens (including phenoxy) is 2. The van der Waals surface area contributed by atoms with Crippen LogP contribution in [-0.4, -0.2) is 58.4 Å². The molecule has 0 bridgehead atoms. The number of aliphatic hydroxyl groups is 4. The average Bonchev–Trinajstić information content (AvgIpc) is 2.08. The molecule has 6 heteroatoms. The maximum absolute atomic E-state index is 9.06. The van der Waals surface area contributed by atoms with Gasteiger partial charge in [-0.25, -0.2) is 0 Å². The van der Waals surface area contributed by atoms with Crippen LogP contribution < -0.4 is 0 Å². The Balaban J connectivity index is 2.49. The van der Waals surface area contributed by atoms with E-state index in [9.17, 15) is 0 Å². The molecule has 1 heterocycles. The van der Waals surface area contributed by atoms with Gasteiger partial charge in [0.05, 0.1) is 13.2 Å². The second kappa shape index (κ2) is 4.13. The zero-order valence-corrected chi connectivity index (χ0v) is 6.33. The van der Waals surface area contributed by atoms with Crippen molar-refractivity contribution in [3.63, 3.8) is 0 Å². The van der Waals surface area contributed by atoms with E-state index in [-0.39, 0.29) is 0 Å². The van der Waals surface area contributed by atoms with Crippen molar-refractivity contribution in [1.29, 1.82) is 0 Å². The summed E-state index contributed by atoms with van der Waals surface area (Å²) in [6, 6.07) is 0. The van der Waals surface area contributed by atoms with Crippen molar-refractivity contribution in [2.75, 3.05) is 13.2 Å². The molecular weight excluding hydrogens is 168 g/mol. The van der Waals surface area contributed by atoms with Crippen LogP contribution in [0.1, 0.15) is 0 Å². The zero-order valence-electron chi connectivity index (χ0n) is 6.33. The summed E-state index contributed by atoms with van der Waals surface area (Å²) in [5, 5.41) is 35.3. The van der Waals surface area contributed by atoms with Crippen molar-refractivity contribution >= 4 is 0 Å². The first-order valence-electron chi connectivity index (χ1n) is 3.57. The Bertz CT molecular complexity index is 124. The highest BCUT2D eigenvalue weighted by Gasteiger charge is 2.36. The van der Waals surface area contributed by atoms with E-state index >= 15 is 0 Å². The summed E-state index contributed by atoms with van der Waals surface area (Å²) in [6.45, 7) is -0.896. The van der Waals surface area contributed by atoms with Crippen molar-refractivity contribution < 1.29 is 29.9 Å². The van der Waals surface area contributed by atoms with E-state index in [1.54, 1.807) is 0 Å². The van der Waals surface area contributed by atoms with Crippen molar-refractivity contribution in [3.8, 4) is 0 Å². The first-order valence-corrected chi connectivity index (χ1v) is 3.57. The molecule has 1 rings (SSSR count). The van der Waals surface area contributed by atoms with Crippen molar-refractivity contribution in [2.45, 2.75) is 24.8 Å². The van der Waals surface area contributed by atoms with E-state index < -0.39 is 38.0 Å². The van der Waals surface area contributed by atoms with Gasteiger partial charge < -0.3 is 29.9 Å². The molecule has 6 nitrogen and oxygen atoms in total. The van der Waals surface area contributed by atoms with Gasteiger partial charge in [0.25, 0.3) is 0 Å². The molecule has 0 aromatic rings. The van der Waals surface area contributed by atoms with Crippen LogP contribution >= 0.6 is 0 Å². The predicted octanol–water partition coefficient (Wildman–Crippen LogP) is -2.61. The molecule has 1 fully saturated rings. The second-order valence-electron chi connectivity index (χ2n) is 2.50. The third-order valence-corrected chi connectivity index (χ3v) is 1.62. The molecule has 0 aromatic carbocycles. The van der Waals surface area contributed by atoms with Gasteiger partial charge in [-0.2, -0.15) is 0 Å². The minimum atomic E-state index is -1.31. The van der Waals surface area contributed by atoms with Crippen LogP contribution in [0, 0.1) is 0 Å².